The van der Waals surface area contributed by atoms with Gasteiger partial charge in [0.05, 0.1) is 25.9 Å². The maximum atomic E-state index is 5.94. The van der Waals surface area contributed by atoms with Gasteiger partial charge in [-0.05, 0) is 37.0 Å². The standard InChI is InChI=1S/C25H35N3O2.HI/c1-20(2)30-19-23-11-9-21(10-12-23)15-27-25(26-3)28-14-13-24(16-28)18-29-17-22-7-5-4-6-8-22;/h4-12,20,24H,13-19H2,1-3H3,(H,26,27);1H. The average Bonchev–Trinajstić information content (AvgIpc) is 3.23. The van der Waals surface area contributed by atoms with Crippen molar-refractivity contribution < 1.29 is 9.47 Å². The Kier molecular flexibility index (Phi) is 11.3. The molecule has 5 nitrogen and oxygen atoms in total. The molecule has 0 spiro atoms. The van der Waals surface area contributed by atoms with Crippen LogP contribution in [0.4, 0.5) is 0 Å². The van der Waals surface area contributed by atoms with E-state index in [1.54, 1.807) is 0 Å². The van der Waals surface area contributed by atoms with Crippen molar-refractivity contribution in [3.05, 3.63) is 71.3 Å². The summed E-state index contributed by atoms with van der Waals surface area (Å²) < 4.78 is 11.6. The fourth-order valence-electron chi connectivity index (χ4n) is 3.61. The van der Waals surface area contributed by atoms with Gasteiger partial charge in [0.2, 0.25) is 0 Å². The Balaban J connectivity index is 0.00000341. The molecule has 3 rings (SSSR count). The van der Waals surface area contributed by atoms with Crippen LogP contribution in [0.1, 0.15) is 37.0 Å². The number of hydrogen-bond acceptors (Lipinski definition) is 3. The van der Waals surface area contributed by atoms with Crippen molar-refractivity contribution in [3.63, 3.8) is 0 Å². The van der Waals surface area contributed by atoms with E-state index in [4.69, 9.17) is 9.47 Å². The van der Waals surface area contributed by atoms with Gasteiger partial charge in [0, 0.05) is 32.6 Å². The summed E-state index contributed by atoms with van der Waals surface area (Å²) >= 11 is 0. The highest BCUT2D eigenvalue weighted by Crippen LogP contribution is 2.17. The molecule has 1 aliphatic heterocycles. The highest BCUT2D eigenvalue weighted by atomic mass is 127. The van der Waals surface area contributed by atoms with Gasteiger partial charge < -0.3 is 19.7 Å². The topological polar surface area (TPSA) is 46.1 Å². The molecule has 1 saturated heterocycles. The predicted molar refractivity (Wildman–Crippen MR) is 138 cm³/mol. The molecule has 31 heavy (non-hydrogen) atoms. The van der Waals surface area contributed by atoms with Crippen LogP contribution in [0.15, 0.2) is 59.6 Å². The van der Waals surface area contributed by atoms with Crippen LogP contribution in [-0.4, -0.2) is 43.7 Å². The number of hydrogen-bond donors (Lipinski definition) is 1. The van der Waals surface area contributed by atoms with Gasteiger partial charge in [-0.1, -0.05) is 54.6 Å². The van der Waals surface area contributed by atoms with Crippen LogP contribution >= 0.6 is 24.0 Å². The van der Waals surface area contributed by atoms with Gasteiger partial charge in [-0.3, -0.25) is 4.99 Å². The zero-order chi connectivity index (χ0) is 21.2. The smallest absolute Gasteiger partial charge is 0.193 e. The molecule has 0 saturated carbocycles. The first-order valence-electron chi connectivity index (χ1n) is 10.9. The third-order valence-corrected chi connectivity index (χ3v) is 5.32. The van der Waals surface area contributed by atoms with E-state index in [1.165, 1.54) is 16.7 Å². The number of likely N-dealkylation sites (tertiary alicyclic amines) is 1. The first-order valence-corrected chi connectivity index (χ1v) is 10.9. The molecule has 1 aliphatic rings. The Bertz CT molecular complexity index is 781. The zero-order valence-corrected chi connectivity index (χ0v) is 21.3. The van der Waals surface area contributed by atoms with E-state index in [0.29, 0.717) is 19.1 Å². The summed E-state index contributed by atoms with van der Waals surface area (Å²) in [6.45, 7) is 9.03. The quantitative estimate of drug-likeness (QED) is 0.283. The minimum Gasteiger partial charge on any atom is -0.376 e. The van der Waals surface area contributed by atoms with E-state index < -0.39 is 0 Å². The van der Waals surface area contributed by atoms with E-state index in [0.717, 1.165) is 38.6 Å². The molecule has 0 aliphatic carbocycles. The lowest BCUT2D eigenvalue weighted by Gasteiger charge is -2.22. The number of benzene rings is 2. The molecule has 0 bridgehead atoms. The summed E-state index contributed by atoms with van der Waals surface area (Å²) in [5.74, 6) is 1.51. The molecular weight excluding hydrogens is 501 g/mol. The molecule has 2 aromatic rings. The van der Waals surface area contributed by atoms with Gasteiger partial charge >= 0.3 is 0 Å². The zero-order valence-electron chi connectivity index (χ0n) is 18.9. The molecule has 170 valence electrons. The van der Waals surface area contributed by atoms with Crippen molar-refractivity contribution in [2.45, 2.75) is 46.1 Å². The number of aliphatic imine (C=N–C) groups is 1. The van der Waals surface area contributed by atoms with Gasteiger partial charge in [0.15, 0.2) is 5.96 Å². The second-order valence-electron chi connectivity index (χ2n) is 8.18. The summed E-state index contributed by atoms with van der Waals surface area (Å²) in [6, 6.07) is 18.9. The first kappa shape index (κ1) is 25.6. The SMILES string of the molecule is CN=C(NCc1ccc(COC(C)C)cc1)N1CCC(COCc2ccccc2)C1.I. The highest BCUT2D eigenvalue weighted by molar-refractivity contribution is 14.0. The Morgan fingerprint density at radius 1 is 1.03 bits per heavy atom. The Morgan fingerprint density at radius 3 is 2.39 bits per heavy atom. The van der Waals surface area contributed by atoms with E-state index in [2.05, 4.69) is 77.6 Å². The Morgan fingerprint density at radius 2 is 1.71 bits per heavy atom. The largest absolute Gasteiger partial charge is 0.376 e. The van der Waals surface area contributed by atoms with Crippen molar-refractivity contribution in [1.82, 2.24) is 10.2 Å². The van der Waals surface area contributed by atoms with Gasteiger partial charge in [-0.15, -0.1) is 24.0 Å². The number of nitrogens with zero attached hydrogens (tertiary/aromatic N) is 2. The molecule has 0 radical (unpaired) electrons. The summed E-state index contributed by atoms with van der Waals surface area (Å²) in [6.07, 6.45) is 1.39. The molecule has 1 atom stereocenters. The summed E-state index contributed by atoms with van der Waals surface area (Å²) in [5.41, 5.74) is 3.67. The van der Waals surface area contributed by atoms with Crippen molar-refractivity contribution in [2.75, 3.05) is 26.7 Å². The summed E-state index contributed by atoms with van der Waals surface area (Å²) in [5, 5.41) is 3.50. The number of halogens is 1. The molecule has 0 amide bonds. The number of guanidine groups is 1. The lowest BCUT2D eigenvalue weighted by molar-refractivity contribution is 0.0657. The van der Waals surface area contributed by atoms with Crippen molar-refractivity contribution in [3.8, 4) is 0 Å². The van der Waals surface area contributed by atoms with Gasteiger partial charge in [0.1, 0.15) is 0 Å². The van der Waals surface area contributed by atoms with Crippen LogP contribution in [0.25, 0.3) is 0 Å². The Labute approximate surface area is 204 Å². The first-order chi connectivity index (χ1) is 14.6. The lowest BCUT2D eigenvalue weighted by atomic mass is 10.1. The van der Waals surface area contributed by atoms with E-state index >= 15 is 0 Å². The number of ether oxygens (including phenoxy) is 2. The number of rotatable bonds is 9. The molecule has 1 fully saturated rings. The van der Waals surface area contributed by atoms with Crippen LogP contribution in [0.3, 0.4) is 0 Å². The van der Waals surface area contributed by atoms with E-state index in [9.17, 15) is 0 Å². The van der Waals surface area contributed by atoms with Gasteiger partial charge in [0.25, 0.3) is 0 Å². The van der Waals surface area contributed by atoms with Crippen molar-refractivity contribution in [1.29, 1.82) is 0 Å². The molecule has 1 unspecified atom stereocenters. The van der Waals surface area contributed by atoms with Crippen LogP contribution in [-0.2, 0) is 29.2 Å². The lowest BCUT2D eigenvalue weighted by Crippen LogP contribution is -2.39. The summed E-state index contributed by atoms with van der Waals surface area (Å²) in [7, 11) is 1.86. The minimum absolute atomic E-state index is 0. The molecular formula is C25H36IN3O2. The highest BCUT2D eigenvalue weighted by Gasteiger charge is 2.24. The fraction of sp³-hybridized carbons (Fsp3) is 0.480. The van der Waals surface area contributed by atoms with Gasteiger partial charge in [-0.2, -0.15) is 0 Å². The molecule has 1 heterocycles. The van der Waals surface area contributed by atoms with E-state index in [1.807, 2.05) is 13.1 Å². The number of nitrogens with one attached hydrogen (secondary N) is 1. The van der Waals surface area contributed by atoms with Crippen molar-refractivity contribution >= 4 is 29.9 Å². The van der Waals surface area contributed by atoms with Crippen LogP contribution < -0.4 is 5.32 Å². The maximum Gasteiger partial charge on any atom is 0.193 e. The molecule has 0 aromatic heterocycles. The fourth-order valence-corrected chi connectivity index (χ4v) is 3.61. The minimum atomic E-state index is 0. The van der Waals surface area contributed by atoms with E-state index in [-0.39, 0.29) is 30.1 Å². The molecule has 1 N–H and O–H groups in total. The average molecular weight is 537 g/mol. The van der Waals surface area contributed by atoms with Crippen LogP contribution in [0, 0.1) is 5.92 Å². The predicted octanol–water partition coefficient (Wildman–Crippen LogP) is 4.84. The van der Waals surface area contributed by atoms with Crippen LogP contribution in [0.2, 0.25) is 0 Å². The monoisotopic (exact) mass is 537 g/mol. The normalized spacial score (nSPS) is 16.5. The third kappa shape index (κ3) is 8.79. The molecule has 2 aromatic carbocycles. The third-order valence-electron chi connectivity index (χ3n) is 5.32. The second-order valence-corrected chi connectivity index (χ2v) is 8.18. The Hall–Kier alpha value is -1.64. The van der Waals surface area contributed by atoms with Gasteiger partial charge in [-0.25, -0.2) is 0 Å². The second kappa shape index (κ2) is 13.7. The van der Waals surface area contributed by atoms with Crippen molar-refractivity contribution in [2.24, 2.45) is 10.9 Å². The summed E-state index contributed by atoms with van der Waals surface area (Å²) in [4.78, 5) is 6.82. The maximum absolute atomic E-state index is 5.94. The molecule has 6 heteroatoms. The van der Waals surface area contributed by atoms with Crippen LogP contribution in [0.5, 0.6) is 0 Å².